The number of sulfonamides is 1. The van der Waals surface area contributed by atoms with Crippen LogP contribution in [-0.4, -0.2) is 18.0 Å². The van der Waals surface area contributed by atoms with Crippen molar-refractivity contribution >= 4 is 31.5 Å². The van der Waals surface area contributed by atoms with E-state index in [1.165, 1.54) is 24.3 Å². The van der Waals surface area contributed by atoms with Crippen molar-refractivity contribution in [3.8, 4) is 22.4 Å². The standard InChI is InChI=1S/C19H13BrFN3O2S/c20-14-5-10-17-18(12-3-8-16(9-4-12)27(22,25)26)19(23-24(17)11-14)13-1-6-15(21)7-2-13/h1-11H,(H2,22,25,26). The molecule has 2 N–H and O–H groups in total. The summed E-state index contributed by atoms with van der Waals surface area (Å²) in [4.78, 5) is 0.0359. The molecule has 2 aromatic carbocycles. The first kappa shape index (κ1) is 17.8. The van der Waals surface area contributed by atoms with Gasteiger partial charge in [-0.1, -0.05) is 12.1 Å². The predicted molar refractivity (Wildman–Crippen MR) is 105 cm³/mol. The Kier molecular flexibility index (Phi) is 4.33. The number of nitrogens with zero attached hydrogens (tertiary/aromatic N) is 2. The number of hydrogen-bond acceptors (Lipinski definition) is 3. The van der Waals surface area contributed by atoms with Crippen molar-refractivity contribution in [2.45, 2.75) is 4.90 Å². The van der Waals surface area contributed by atoms with Gasteiger partial charge in [0.1, 0.15) is 11.5 Å². The summed E-state index contributed by atoms with van der Waals surface area (Å²) >= 11 is 3.43. The van der Waals surface area contributed by atoms with Crippen molar-refractivity contribution in [2.24, 2.45) is 5.14 Å². The zero-order chi connectivity index (χ0) is 19.2. The molecule has 0 bridgehead atoms. The van der Waals surface area contributed by atoms with Crippen LogP contribution in [0.4, 0.5) is 4.39 Å². The number of halogens is 2. The lowest BCUT2D eigenvalue weighted by Crippen LogP contribution is -2.11. The summed E-state index contributed by atoms with van der Waals surface area (Å²) in [5, 5.41) is 9.83. The molecule has 0 unspecified atom stereocenters. The van der Waals surface area contributed by atoms with Gasteiger partial charge in [-0.3, -0.25) is 0 Å². The van der Waals surface area contributed by atoms with E-state index in [0.29, 0.717) is 5.69 Å². The van der Waals surface area contributed by atoms with E-state index in [2.05, 4.69) is 21.0 Å². The first-order valence-electron chi connectivity index (χ1n) is 7.90. The molecular formula is C19H13BrFN3O2S. The summed E-state index contributed by atoms with van der Waals surface area (Å²) in [5.74, 6) is -0.329. The van der Waals surface area contributed by atoms with Crippen LogP contribution in [0.2, 0.25) is 0 Å². The van der Waals surface area contributed by atoms with Gasteiger partial charge >= 0.3 is 0 Å². The maximum Gasteiger partial charge on any atom is 0.238 e. The summed E-state index contributed by atoms with van der Waals surface area (Å²) in [7, 11) is -3.77. The van der Waals surface area contributed by atoms with Crippen LogP contribution in [0.1, 0.15) is 0 Å². The van der Waals surface area contributed by atoms with Gasteiger partial charge in [0.25, 0.3) is 0 Å². The number of hydrogen-bond donors (Lipinski definition) is 1. The number of rotatable bonds is 3. The molecule has 0 aliphatic heterocycles. The largest absolute Gasteiger partial charge is 0.239 e. The lowest BCUT2D eigenvalue weighted by atomic mass is 10.00. The summed E-state index contributed by atoms with van der Waals surface area (Å²) in [5.41, 5.74) is 3.84. The molecule has 0 radical (unpaired) electrons. The molecule has 0 aliphatic rings. The predicted octanol–water partition coefficient (Wildman–Crippen LogP) is 4.22. The van der Waals surface area contributed by atoms with Gasteiger partial charge in [-0.15, -0.1) is 0 Å². The Hall–Kier alpha value is -2.55. The van der Waals surface area contributed by atoms with Crippen LogP contribution in [0.25, 0.3) is 27.9 Å². The van der Waals surface area contributed by atoms with E-state index in [0.717, 1.165) is 26.7 Å². The van der Waals surface area contributed by atoms with Crippen molar-refractivity contribution in [1.29, 1.82) is 0 Å². The molecular weight excluding hydrogens is 433 g/mol. The minimum absolute atomic E-state index is 0.0359. The van der Waals surface area contributed by atoms with Gasteiger partial charge in [0.2, 0.25) is 10.0 Å². The van der Waals surface area contributed by atoms with Gasteiger partial charge in [-0.2, -0.15) is 5.10 Å². The topological polar surface area (TPSA) is 77.5 Å². The Morgan fingerprint density at radius 3 is 2.19 bits per heavy atom. The molecule has 0 amide bonds. The minimum Gasteiger partial charge on any atom is -0.239 e. The maximum absolute atomic E-state index is 13.3. The molecule has 5 nitrogen and oxygen atoms in total. The van der Waals surface area contributed by atoms with Gasteiger partial charge in [0.15, 0.2) is 0 Å². The van der Waals surface area contributed by atoms with Crippen LogP contribution in [0.15, 0.2) is 76.2 Å². The number of fused-ring (bicyclic) bond motifs is 1. The summed E-state index contributed by atoms with van der Waals surface area (Å²) < 4.78 is 39.0. The SMILES string of the molecule is NS(=O)(=O)c1ccc(-c2c(-c3ccc(F)cc3)nn3cc(Br)ccc23)cc1. The summed E-state index contributed by atoms with van der Waals surface area (Å²) in [6.45, 7) is 0. The Labute approximate surface area is 163 Å². The molecule has 0 spiro atoms. The molecule has 2 heterocycles. The molecule has 27 heavy (non-hydrogen) atoms. The normalized spacial score (nSPS) is 11.8. The Morgan fingerprint density at radius 2 is 1.56 bits per heavy atom. The third-order valence-electron chi connectivity index (χ3n) is 4.18. The van der Waals surface area contributed by atoms with Crippen LogP contribution >= 0.6 is 15.9 Å². The second kappa shape index (κ2) is 6.56. The maximum atomic E-state index is 13.3. The van der Waals surface area contributed by atoms with Crippen molar-refractivity contribution in [1.82, 2.24) is 9.61 Å². The van der Waals surface area contributed by atoms with Crippen LogP contribution in [-0.2, 0) is 10.0 Å². The number of aromatic nitrogens is 2. The van der Waals surface area contributed by atoms with Gasteiger partial charge in [-0.05, 0) is 70.0 Å². The van der Waals surface area contributed by atoms with E-state index in [-0.39, 0.29) is 10.7 Å². The quantitative estimate of drug-likeness (QED) is 0.512. The molecule has 8 heteroatoms. The number of pyridine rings is 1. The molecule has 2 aromatic heterocycles. The van der Waals surface area contributed by atoms with Gasteiger partial charge < -0.3 is 0 Å². The Balaban J connectivity index is 1.97. The highest BCUT2D eigenvalue weighted by atomic mass is 79.9. The van der Waals surface area contributed by atoms with E-state index < -0.39 is 10.0 Å². The molecule has 0 aliphatic carbocycles. The lowest BCUT2D eigenvalue weighted by Gasteiger charge is -2.05. The van der Waals surface area contributed by atoms with Crippen LogP contribution in [0.5, 0.6) is 0 Å². The highest BCUT2D eigenvalue weighted by molar-refractivity contribution is 9.10. The van der Waals surface area contributed by atoms with Gasteiger partial charge in [0, 0.05) is 21.8 Å². The highest BCUT2D eigenvalue weighted by Crippen LogP contribution is 2.36. The third kappa shape index (κ3) is 3.39. The monoisotopic (exact) mass is 445 g/mol. The fourth-order valence-electron chi connectivity index (χ4n) is 2.93. The van der Waals surface area contributed by atoms with Crippen molar-refractivity contribution in [3.63, 3.8) is 0 Å². The molecule has 0 saturated heterocycles. The minimum atomic E-state index is -3.77. The Morgan fingerprint density at radius 1 is 0.926 bits per heavy atom. The number of nitrogens with two attached hydrogens (primary N) is 1. The Bertz CT molecular complexity index is 1250. The summed E-state index contributed by atoms with van der Waals surface area (Å²) in [6, 6.07) is 16.2. The molecule has 4 rings (SSSR count). The number of benzene rings is 2. The van der Waals surface area contributed by atoms with Crippen LogP contribution < -0.4 is 5.14 Å². The van der Waals surface area contributed by atoms with Crippen LogP contribution in [0.3, 0.4) is 0 Å². The van der Waals surface area contributed by atoms with E-state index >= 15 is 0 Å². The van der Waals surface area contributed by atoms with Crippen molar-refractivity contribution < 1.29 is 12.8 Å². The smallest absolute Gasteiger partial charge is 0.238 e. The van der Waals surface area contributed by atoms with Crippen molar-refractivity contribution in [3.05, 3.63) is 77.2 Å². The molecule has 4 aromatic rings. The fourth-order valence-corrected chi connectivity index (χ4v) is 3.77. The fraction of sp³-hybridized carbons (Fsp3) is 0. The average molecular weight is 446 g/mol. The van der Waals surface area contributed by atoms with Gasteiger partial charge in [0.05, 0.1) is 10.4 Å². The second-order valence-corrected chi connectivity index (χ2v) is 8.45. The first-order valence-corrected chi connectivity index (χ1v) is 10.2. The molecule has 136 valence electrons. The average Bonchev–Trinajstić information content (AvgIpc) is 3.00. The summed E-state index contributed by atoms with van der Waals surface area (Å²) in [6.07, 6.45) is 1.82. The lowest BCUT2D eigenvalue weighted by molar-refractivity contribution is 0.598. The van der Waals surface area contributed by atoms with E-state index in [1.54, 1.807) is 28.8 Å². The third-order valence-corrected chi connectivity index (χ3v) is 5.58. The van der Waals surface area contributed by atoms with Gasteiger partial charge in [-0.25, -0.2) is 22.5 Å². The highest BCUT2D eigenvalue weighted by Gasteiger charge is 2.17. The molecule has 0 atom stereocenters. The van der Waals surface area contributed by atoms with E-state index in [4.69, 9.17) is 5.14 Å². The van der Waals surface area contributed by atoms with E-state index in [9.17, 15) is 12.8 Å². The zero-order valence-corrected chi connectivity index (χ0v) is 16.2. The molecule has 0 fully saturated rings. The van der Waals surface area contributed by atoms with Crippen LogP contribution in [0, 0.1) is 5.82 Å². The number of primary sulfonamides is 1. The second-order valence-electron chi connectivity index (χ2n) is 5.98. The molecule has 0 saturated carbocycles. The van der Waals surface area contributed by atoms with E-state index in [1.807, 2.05) is 18.3 Å². The zero-order valence-electron chi connectivity index (χ0n) is 13.8. The first-order chi connectivity index (χ1) is 12.8. The van der Waals surface area contributed by atoms with Crippen molar-refractivity contribution in [2.75, 3.05) is 0 Å².